The number of nitro groups is 1. The lowest BCUT2D eigenvalue weighted by atomic mass is 10.1. The van der Waals surface area contributed by atoms with Gasteiger partial charge in [0, 0.05) is 23.4 Å². The van der Waals surface area contributed by atoms with Crippen molar-refractivity contribution in [1.29, 1.82) is 0 Å². The summed E-state index contributed by atoms with van der Waals surface area (Å²) in [5.74, 6) is 0.599. The van der Waals surface area contributed by atoms with Crippen molar-refractivity contribution in [2.24, 2.45) is 5.10 Å². The van der Waals surface area contributed by atoms with Crippen molar-refractivity contribution < 1.29 is 18.4 Å². The van der Waals surface area contributed by atoms with Crippen molar-refractivity contribution in [1.82, 2.24) is 20.3 Å². The van der Waals surface area contributed by atoms with Crippen molar-refractivity contribution in [3.05, 3.63) is 81.3 Å². The Hall–Kier alpha value is -4.91. The third-order valence-corrected chi connectivity index (χ3v) is 4.92. The molecule has 0 saturated carbocycles. The number of hydrazone groups is 1. The molecule has 2 aromatic carbocycles. The maximum atomic E-state index is 13.5. The molecule has 0 unspecified atom stereocenters. The van der Waals surface area contributed by atoms with Gasteiger partial charge in [-0.25, -0.2) is 14.0 Å². The second kappa shape index (κ2) is 9.15. The van der Waals surface area contributed by atoms with E-state index < -0.39 is 10.7 Å². The van der Waals surface area contributed by atoms with Crippen LogP contribution in [-0.2, 0) is 0 Å². The molecule has 3 aromatic heterocycles. The van der Waals surface area contributed by atoms with E-state index in [1.54, 1.807) is 24.3 Å². The number of nitro benzene ring substituents is 1. The monoisotopic (exact) mass is 494 g/mol. The number of rotatable bonds is 7. The Labute approximate surface area is 199 Å². The first-order valence-electron chi connectivity index (χ1n) is 9.82. The molecule has 0 bridgehead atoms. The van der Waals surface area contributed by atoms with Gasteiger partial charge in [0.2, 0.25) is 11.3 Å². The Bertz CT molecular complexity index is 1580. The van der Waals surface area contributed by atoms with Crippen LogP contribution in [0.1, 0.15) is 5.76 Å². The van der Waals surface area contributed by atoms with Gasteiger partial charge in [0.1, 0.15) is 17.3 Å². The zero-order chi connectivity index (χ0) is 24.4. The van der Waals surface area contributed by atoms with Crippen molar-refractivity contribution in [2.45, 2.75) is 0 Å². The Morgan fingerprint density at radius 3 is 2.63 bits per heavy atom. The number of non-ortho nitro benzene ring substituents is 1. The normalized spacial score (nSPS) is 11.3. The molecular weight excluding hydrogens is 483 g/mol. The topological polar surface area (TPSA) is 157 Å². The lowest BCUT2D eigenvalue weighted by molar-refractivity contribution is -0.384. The molecule has 35 heavy (non-hydrogen) atoms. The fourth-order valence-corrected chi connectivity index (χ4v) is 3.20. The van der Waals surface area contributed by atoms with Gasteiger partial charge in [-0.05, 0) is 40.6 Å². The number of fused-ring (bicyclic) bond motifs is 1. The van der Waals surface area contributed by atoms with E-state index in [9.17, 15) is 14.5 Å². The van der Waals surface area contributed by atoms with Crippen LogP contribution in [0.15, 0.2) is 68.7 Å². The molecule has 0 spiro atoms. The van der Waals surface area contributed by atoms with Crippen molar-refractivity contribution in [2.75, 3.05) is 10.7 Å². The quantitative estimate of drug-likeness (QED) is 0.176. The van der Waals surface area contributed by atoms with E-state index in [2.05, 4.69) is 40.8 Å². The van der Waals surface area contributed by atoms with Gasteiger partial charge < -0.3 is 9.73 Å². The highest BCUT2D eigenvalue weighted by Gasteiger charge is 2.14. The summed E-state index contributed by atoms with van der Waals surface area (Å²) in [6.07, 6.45) is 1.38. The summed E-state index contributed by atoms with van der Waals surface area (Å²) in [5, 5.41) is 25.3. The predicted octanol–water partition coefficient (Wildman–Crippen LogP) is 5.16. The fraction of sp³-hybridized carbons (Fsp3) is 0. The van der Waals surface area contributed by atoms with Gasteiger partial charge in [-0.15, -0.1) is 0 Å². The number of nitrogens with one attached hydrogen (secondary N) is 2. The first-order chi connectivity index (χ1) is 17.0. The van der Waals surface area contributed by atoms with Gasteiger partial charge in [-0.3, -0.25) is 15.5 Å². The van der Waals surface area contributed by atoms with E-state index in [1.165, 1.54) is 36.5 Å². The minimum Gasteiger partial charge on any atom is -0.455 e. The Balaban J connectivity index is 1.37. The highest BCUT2D eigenvalue weighted by molar-refractivity contribution is 6.31. The van der Waals surface area contributed by atoms with E-state index >= 15 is 0 Å². The Morgan fingerprint density at radius 2 is 1.86 bits per heavy atom. The highest BCUT2D eigenvalue weighted by Crippen LogP contribution is 2.27. The molecule has 0 saturated heterocycles. The van der Waals surface area contributed by atoms with E-state index in [4.69, 9.17) is 16.0 Å². The summed E-state index contributed by atoms with van der Waals surface area (Å²) < 4.78 is 23.8. The van der Waals surface area contributed by atoms with Crippen LogP contribution in [0.25, 0.3) is 22.6 Å². The summed E-state index contributed by atoms with van der Waals surface area (Å²) in [4.78, 5) is 19.1. The van der Waals surface area contributed by atoms with Gasteiger partial charge in [-0.2, -0.15) is 10.1 Å². The molecule has 2 N–H and O–H groups in total. The zero-order valence-corrected chi connectivity index (χ0v) is 18.1. The van der Waals surface area contributed by atoms with E-state index in [0.717, 1.165) is 0 Å². The van der Waals surface area contributed by atoms with Crippen molar-refractivity contribution >= 4 is 52.1 Å². The summed E-state index contributed by atoms with van der Waals surface area (Å²) >= 11 is 5.85. The maximum Gasteiger partial charge on any atom is 0.270 e. The molecule has 12 nitrogen and oxygen atoms in total. The number of halogens is 2. The average Bonchev–Trinajstić information content (AvgIpc) is 3.51. The number of benzene rings is 2. The molecule has 0 fully saturated rings. The highest BCUT2D eigenvalue weighted by atomic mass is 35.5. The van der Waals surface area contributed by atoms with Crippen LogP contribution in [0.4, 0.5) is 27.4 Å². The van der Waals surface area contributed by atoms with Crippen LogP contribution < -0.4 is 10.7 Å². The lowest BCUT2D eigenvalue weighted by Gasteiger charge is -2.09. The number of furan rings is 1. The van der Waals surface area contributed by atoms with Crippen LogP contribution >= 0.6 is 11.6 Å². The molecule has 14 heteroatoms. The number of aromatic nitrogens is 4. The Morgan fingerprint density at radius 1 is 1.06 bits per heavy atom. The number of hydrogen-bond donors (Lipinski definition) is 2. The van der Waals surface area contributed by atoms with Gasteiger partial charge in [-0.1, -0.05) is 23.7 Å². The standard InChI is InChI=1S/C21H12ClFN8O4/c22-15-9-12(4-6-16(15)23)25-18-19(27-21-20(26-18)29-35-30-21)28-24-10-14-5-7-17(34-14)11-2-1-3-13(8-11)31(32)33/h1-10H,(H,25,26,29)(H,27,28,30). The smallest absolute Gasteiger partial charge is 0.270 e. The molecule has 0 amide bonds. The predicted molar refractivity (Wildman–Crippen MR) is 124 cm³/mol. The summed E-state index contributed by atoms with van der Waals surface area (Å²) in [6.45, 7) is 0. The average molecular weight is 495 g/mol. The zero-order valence-electron chi connectivity index (χ0n) is 17.3. The molecule has 5 rings (SSSR count). The van der Waals surface area contributed by atoms with Crippen molar-refractivity contribution in [3.8, 4) is 11.3 Å². The summed E-state index contributed by atoms with van der Waals surface area (Å²) in [7, 11) is 0. The van der Waals surface area contributed by atoms with Crippen LogP contribution in [-0.4, -0.2) is 31.4 Å². The molecule has 0 radical (unpaired) electrons. The molecule has 0 aliphatic rings. The molecule has 0 atom stereocenters. The summed E-state index contributed by atoms with van der Waals surface area (Å²) in [5.41, 5.74) is 3.95. The summed E-state index contributed by atoms with van der Waals surface area (Å²) in [6, 6.07) is 13.4. The lowest BCUT2D eigenvalue weighted by Crippen LogP contribution is -2.03. The minimum absolute atomic E-state index is 0.0467. The number of hydrogen-bond acceptors (Lipinski definition) is 11. The SMILES string of the molecule is O=[N+]([O-])c1cccc(-c2ccc(C=NNc3nc4nonc4nc3Nc3ccc(F)c(Cl)c3)o2)c1. The minimum atomic E-state index is -0.565. The number of nitrogens with zero attached hydrogens (tertiary/aromatic N) is 6. The fourth-order valence-electron chi connectivity index (χ4n) is 3.02. The van der Waals surface area contributed by atoms with Gasteiger partial charge >= 0.3 is 0 Å². The van der Waals surface area contributed by atoms with E-state index in [0.29, 0.717) is 22.8 Å². The van der Waals surface area contributed by atoms with Gasteiger partial charge in [0.25, 0.3) is 5.69 Å². The van der Waals surface area contributed by atoms with E-state index in [-0.39, 0.29) is 33.6 Å². The van der Waals surface area contributed by atoms with Crippen molar-refractivity contribution in [3.63, 3.8) is 0 Å². The molecule has 0 aliphatic heterocycles. The molecule has 3 heterocycles. The Kier molecular flexibility index (Phi) is 5.73. The molecular formula is C21H12ClFN8O4. The first kappa shape index (κ1) is 21.9. The van der Waals surface area contributed by atoms with Gasteiger partial charge in [0.05, 0.1) is 16.2 Å². The van der Waals surface area contributed by atoms with Crippen LogP contribution in [0, 0.1) is 15.9 Å². The largest absolute Gasteiger partial charge is 0.455 e. The second-order valence-corrected chi connectivity index (χ2v) is 7.37. The van der Waals surface area contributed by atoms with E-state index in [1.807, 2.05) is 0 Å². The first-order valence-corrected chi connectivity index (χ1v) is 10.2. The number of anilines is 3. The third-order valence-electron chi connectivity index (χ3n) is 4.63. The maximum absolute atomic E-state index is 13.5. The molecule has 174 valence electrons. The van der Waals surface area contributed by atoms with Crippen LogP contribution in [0.5, 0.6) is 0 Å². The third kappa shape index (κ3) is 4.74. The van der Waals surface area contributed by atoms with Crippen LogP contribution in [0.2, 0.25) is 5.02 Å². The second-order valence-electron chi connectivity index (χ2n) is 6.97. The van der Waals surface area contributed by atoms with Crippen LogP contribution in [0.3, 0.4) is 0 Å². The van der Waals surface area contributed by atoms with Gasteiger partial charge in [0.15, 0.2) is 11.6 Å². The molecule has 5 aromatic rings. The molecule has 0 aliphatic carbocycles.